The molecule has 0 heterocycles. The number of carbonyl (C=O) groups is 1. The van der Waals surface area contributed by atoms with Crippen LogP contribution in [0.3, 0.4) is 0 Å². The van der Waals surface area contributed by atoms with Crippen molar-refractivity contribution in [3.05, 3.63) is 34.3 Å². The van der Waals surface area contributed by atoms with Crippen molar-refractivity contribution in [3.63, 3.8) is 0 Å². The molecule has 2 aliphatic carbocycles. The highest BCUT2D eigenvalue weighted by Gasteiger charge is 2.45. The Kier molecular flexibility index (Phi) is 2.32. The fourth-order valence-corrected chi connectivity index (χ4v) is 3.68. The van der Waals surface area contributed by atoms with Crippen molar-refractivity contribution in [3.8, 4) is 0 Å². The number of Topliss-reactive ketones (excluding diaryl/α,β-unsaturated/α-hetero) is 1. The number of ketones is 1. The van der Waals surface area contributed by atoms with Crippen LogP contribution in [-0.4, -0.2) is 5.78 Å². The van der Waals surface area contributed by atoms with Crippen molar-refractivity contribution >= 4 is 17.4 Å². The van der Waals surface area contributed by atoms with Crippen LogP contribution in [0.2, 0.25) is 5.02 Å². The van der Waals surface area contributed by atoms with Gasteiger partial charge < -0.3 is 0 Å². The van der Waals surface area contributed by atoms with E-state index in [2.05, 4.69) is 6.07 Å². The van der Waals surface area contributed by atoms with Gasteiger partial charge in [0, 0.05) is 11.4 Å². The van der Waals surface area contributed by atoms with Crippen molar-refractivity contribution in [2.75, 3.05) is 0 Å². The second-order valence-corrected chi connectivity index (χ2v) is 5.39. The summed E-state index contributed by atoms with van der Waals surface area (Å²) in [6.07, 6.45) is 5.92. The molecule has 1 spiro atoms. The Morgan fingerprint density at radius 3 is 2.62 bits per heavy atom. The molecule has 1 aromatic carbocycles. The van der Waals surface area contributed by atoms with Crippen molar-refractivity contribution < 1.29 is 4.79 Å². The lowest BCUT2D eigenvalue weighted by molar-refractivity contribution is -0.125. The van der Waals surface area contributed by atoms with Gasteiger partial charge in [-0.1, -0.05) is 36.6 Å². The molecule has 3 rings (SSSR count). The summed E-state index contributed by atoms with van der Waals surface area (Å²) < 4.78 is 0. The highest BCUT2D eigenvalue weighted by Crippen LogP contribution is 2.47. The van der Waals surface area contributed by atoms with Gasteiger partial charge in [0.2, 0.25) is 0 Å². The molecule has 0 atom stereocenters. The van der Waals surface area contributed by atoms with Gasteiger partial charge in [0.05, 0.1) is 5.41 Å². The largest absolute Gasteiger partial charge is 0.299 e. The Morgan fingerprint density at radius 2 is 1.88 bits per heavy atom. The van der Waals surface area contributed by atoms with Crippen LogP contribution < -0.4 is 0 Å². The van der Waals surface area contributed by atoms with E-state index in [-0.39, 0.29) is 5.41 Å². The van der Waals surface area contributed by atoms with Crippen molar-refractivity contribution in [1.29, 1.82) is 0 Å². The first-order chi connectivity index (χ1) is 7.74. The van der Waals surface area contributed by atoms with Crippen molar-refractivity contribution in [2.24, 2.45) is 0 Å². The molecule has 84 valence electrons. The SMILES string of the molecule is O=C1CCc2c(Cl)cccc2C12CCCC2. The van der Waals surface area contributed by atoms with E-state index in [4.69, 9.17) is 11.6 Å². The molecule has 0 bridgehead atoms. The average molecular weight is 235 g/mol. The molecular formula is C14H15ClO. The van der Waals surface area contributed by atoms with E-state index >= 15 is 0 Å². The molecule has 1 nitrogen and oxygen atoms in total. The zero-order valence-electron chi connectivity index (χ0n) is 9.26. The van der Waals surface area contributed by atoms with E-state index in [0.717, 1.165) is 24.3 Å². The third-order valence-corrected chi connectivity index (χ3v) is 4.58. The smallest absolute Gasteiger partial charge is 0.143 e. The summed E-state index contributed by atoms with van der Waals surface area (Å²) in [5.41, 5.74) is 2.29. The number of halogens is 1. The summed E-state index contributed by atoms with van der Waals surface area (Å²) in [5.74, 6) is 0.444. The molecule has 0 unspecified atom stereocenters. The predicted octanol–water partition coefficient (Wildman–Crippen LogP) is 3.67. The van der Waals surface area contributed by atoms with E-state index in [1.807, 2.05) is 12.1 Å². The maximum Gasteiger partial charge on any atom is 0.143 e. The summed E-state index contributed by atoms with van der Waals surface area (Å²) in [6.45, 7) is 0. The van der Waals surface area contributed by atoms with E-state index in [1.165, 1.54) is 24.0 Å². The molecule has 2 heteroatoms. The van der Waals surface area contributed by atoms with Gasteiger partial charge in [-0.2, -0.15) is 0 Å². The van der Waals surface area contributed by atoms with Gasteiger partial charge in [0.25, 0.3) is 0 Å². The zero-order valence-corrected chi connectivity index (χ0v) is 10.0. The molecule has 0 N–H and O–H groups in total. The van der Waals surface area contributed by atoms with Gasteiger partial charge >= 0.3 is 0 Å². The van der Waals surface area contributed by atoms with Gasteiger partial charge in [-0.3, -0.25) is 4.79 Å². The van der Waals surface area contributed by atoms with Crippen LogP contribution in [-0.2, 0) is 16.6 Å². The molecule has 0 aliphatic heterocycles. The van der Waals surface area contributed by atoms with Crippen molar-refractivity contribution in [1.82, 2.24) is 0 Å². The lowest BCUT2D eigenvalue weighted by Crippen LogP contribution is -2.37. The molecule has 16 heavy (non-hydrogen) atoms. The molecule has 0 aromatic heterocycles. The van der Waals surface area contributed by atoms with E-state index in [9.17, 15) is 4.79 Å². The van der Waals surface area contributed by atoms with Gasteiger partial charge in [-0.15, -0.1) is 0 Å². The molecule has 1 aromatic rings. The summed E-state index contributed by atoms with van der Waals surface area (Å²) in [4.78, 5) is 12.2. The maximum absolute atomic E-state index is 12.2. The third-order valence-electron chi connectivity index (χ3n) is 4.23. The van der Waals surface area contributed by atoms with E-state index < -0.39 is 0 Å². The first kappa shape index (κ1) is 10.3. The molecule has 1 fully saturated rings. The van der Waals surface area contributed by atoms with Crippen LogP contribution in [0.5, 0.6) is 0 Å². The topological polar surface area (TPSA) is 17.1 Å². The molecule has 2 aliphatic rings. The second-order valence-electron chi connectivity index (χ2n) is 4.98. The molecule has 0 amide bonds. The molecule has 0 saturated heterocycles. The minimum Gasteiger partial charge on any atom is -0.299 e. The minimum absolute atomic E-state index is 0.168. The standard InChI is InChI=1S/C14H15ClO/c15-12-5-3-4-11-10(12)6-7-13(16)14(11)8-1-2-9-14/h3-5H,1-2,6-9H2. The minimum atomic E-state index is -0.168. The Hall–Kier alpha value is -0.820. The quantitative estimate of drug-likeness (QED) is 0.670. The van der Waals surface area contributed by atoms with E-state index in [0.29, 0.717) is 12.2 Å². The van der Waals surface area contributed by atoms with Gasteiger partial charge in [-0.25, -0.2) is 0 Å². The number of fused-ring (bicyclic) bond motifs is 2. The third kappa shape index (κ3) is 1.27. The molecule has 0 radical (unpaired) electrons. The van der Waals surface area contributed by atoms with Crippen molar-refractivity contribution in [2.45, 2.75) is 43.9 Å². The summed E-state index contributed by atoms with van der Waals surface area (Å²) >= 11 is 6.24. The van der Waals surface area contributed by atoms with Crippen LogP contribution in [0.1, 0.15) is 43.2 Å². The first-order valence-corrected chi connectivity index (χ1v) is 6.43. The Balaban J connectivity index is 2.20. The average Bonchev–Trinajstić information content (AvgIpc) is 2.75. The molecular weight excluding hydrogens is 220 g/mol. The first-order valence-electron chi connectivity index (χ1n) is 6.05. The zero-order chi connectivity index (χ0) is 11.2. The van der Waals surface area contributed by atoms with Gasteiger partial charge in [-0.05, 0) is 36.5 Å². The summed E-state index contributed by atoms with van der Waals surface area (Å²) in [7, 11) is 0. The Bertz CT molecular complexity index is 444. The van der Waals surface area contributed by atoms with Crippen LogP contribution in [0.4, 0.5) is 0 Å². The number of benzene rings is 1. The summed E-state index contributed by atoms with van der Waals surface area (Å²) in [5, 5.41) is 0.844. The second kappa shape index (κ2) is 3.59. The Morgan fingerprint density at radius 1 is 1.12 bits per heavy atom. The maximum atomic E-state index is 12.2. The predicted molar refractivity (Wildman–Crippen MR) is 64.9 cm³/mol. The van der Waals surface area contributed by atoms with Crippen LogP contribution in [0, 0.1) is 0 Å². The number of hydrogen-bond acceptors (Lipinski definition) is 1. The van der Waals surface area contributed by atoms with E-state index in [1.54, 1.807) is 0 Å². The van der Waals surface area contributed by atoms with Crippen LogP contribution in [0.15, 0.2) is 18.2 Å². The fraction of sp³-hybridized carbons (Fsp3) is 0.500. The monoisotopic (exact) mass is 234 g/mol. The van der Waals surface area contributed by atoms with Gasteiger partial charge in [0.15, 0.2) is 0 Å². The van der Waals surface area contributed by atoms with Crippen LogP contribution in [0.25, 0.3) is 0 Å². The highest BCUT2D eigenvalue weighted by molar-refractivity contribution is 6.31. The molecule has 1 saturated carbocycles. The number of hydrogen-bond donors (Lipinski definition) is 0. The highest BCUT2D eigenvalue weighted by atomic mass is 35.5. The number of carbonyl (C=O) groups excluding carboxylic acids is 1. The fourth-order valence-electron chi connectivity index (χ4n) is 3.42. The Labute approximate surface area is 101 Å². The lowest BCUT2D eigenvalue weighted by Gasteiger charge is -2.34. The summed E-state index contributed by atoms with van der Waals surface area (Å²) in [6, 6.07) is 6.04. The number of rotatable bonds is 0. The van der Waals surface area contributed by atoms with Crippen LogP contribution >= 0.6 is 11.6 Å². The van der Waals surface area contributed by atoms with Gasteiger partial charge in [0.1, 0.15) is 5.78 Å². The lowest BCUT2D eigenvalue weighted by atomic mass is 9.68. The normalized spacial score (nSPS) is 22.4.